The molecule has 2 aliphatic heterocycles. The molecule has 8 nitrogen and oxygen atoms in total. The van der Waals surface area contributed by atoms with Gasteiger partial charge in [-0.3, -0.25) is 4.52 Å². The number of rotatable bonds is 8. The summed E-state index contributed by atoms with van der Waals surface area (Å²) in [5.41, 5.74) is 2.52. The topological polar surface area (TPSA) is 123 Å². The summed E-state index contributed by atoms with van der Waals surface area (Å²) in [5, 5.41) is 0. The number of fused-ring (bicyclic) bond motifs is 3. The van der Waals surface area contributed by atoms with E-state index in [1.165, 1.54) is 31.3 Å². The Hall–Kier alpha value is -0.300. The van der Waals surface area contributed by atoms with E-state index in [0.717, 1.165) is 24.3 Å². The molecule has 3 N–H and O–H groups in total. The van der Waals surface area contributed by atoms with Crippen molar-refractivity contribution in [3.63, 3.8) is 0 Å². The van der Waals surface area contributed by atoms with Gasteiger partial charge < -0.3 is 19.4 Å². The van der Waals surface area contributed by atoms with Crippen LogP contribution < -0.4 is 0 Å². The second-order valence-electron chi connectivity index (χ2n) is 9.14. The molecular weight excluding hydrogens is 430 g/mol. The lowest BCUT2D eigenvalue weighted by molar-refractivity contribution is -0.229. The maximum absolute atomic E-state index is 11.1. The van der Waals surface area contributed by atoms with Gasteiger partial charge in [0.1, 0.15) is 0 Å². The molecule has 3 rings (SSSR count). The number of phosphoric ester groups is 1. The van der Waals surface area contributed by atoms with Gasteiger partial charge in [-0.25, -0.2) is 9.13 Å². The highest BCUT2D eigenvalue weighted by Crippen LogP contribution is 2.57. The fraction of sp³-hybridized carbons (Fsp3) is 0.800. The molecule has 3 fully saturated rings. The zero-order valence-electron chi connectivity index (χ0n) is 19.0. The van der Waals surface area contributed by atoms with Gasteiger partial charge in [-0.1, -0.05) is 23.3 Å². The third kappa shape index (κ3) is 10.8. The van der Waals surface area contributed by atoms with Gasteiger partial charge in [-0.15, -0.1) is 0 Å². The highest BCUT2D eigenvalue weighted by atomic mass is 31.3. The fourth-order valence-corrected chi connectivity index (χ4v) is 5.39. The van der Waals surface area contributed by atoms with Crippen LogP contribution in [0, 0.1) is 5.92 Å². The Balaban J connectivity index is 0.000000340. The Kier molecular flexibility index (Phi) is 10.2. The van der Waals surface area contributed by atoms with Crippen molar-refractivity contribution in [2.75, 3.05) is 6.61 Å². The van der Waals surface area contributed by atoms with Gasteiger partial charge >= 0.3 is 15.6 Å². The van der Waals surface area contributed by atoms with E-state index in [4.69, 9.17) is 19.4 Å². The van der Waals surface area contributed by atoms with Gasteiger partial charge in [0.15, 0.2) is 0 Å². The first-order chi connectivity index (χ1) is 13.5. The molecule has 0 amide bonds. The van der Waals surface area contributed by atoms with Crippen molar-refractivity contribution in [3.8, 4) is 0 Å². The Morgan fingerprint density at radius 1 is 1.07 bits per heavy atom. The van der Waals surface area contributed by atoms with Crippen molar-refractivity contribution < 1.29 is 37.4 Å². The minimum atomic E-state index is -5.05. The molecule has 1 aliphatic carbocycles. The molecule has 1 saturated carbocycles. The van der Waals surface area contributed by atoms with Crippen LogP contribution >= 0.6 is 15.6 Å². The molecule has 1 unspecified atom stereocenters. The summed E-state index contributed by atoms with van der Waals surface area (Å²) < 4.78 is 35.6. The molecule has 0 spiro atoms. The number of hydrogen-bond donors (Lipinski definition) is 3. The van der Waals surface area contributed by atoms with Gasteiger partial charge in [0.25, 0.3) is 0 Å². The SMILES string of the molecule is CC(C)=CCC/C(C)=C/COP(=O)(O)OP(=O)(O)O.CC12CCC(CC1)C(C)(C)O2. The quantitative estimate of drug-likeness (QED) is 0.309. The zero-order chi connectivity index (χ0) is 23.2. The summed E-state index contributed by atoms with van der Waals surface area (Å²) in [6, 6.07) is 0. The van der Waals surface area contributed by atoms with Crippen molar-refractivity contribution in [3.05, 3.63) is 23.3 Å². The van der Waals surface area contributed by atoms with Gasteiger partial charge in [0.05, 0.1) is 17.8 Å². The molecule has 10 heteroatoms. The molecule has 0 radical (unpaired) electrons. The van der Waals surface area contributed by atoms with Crippen LogP contribution in [0.25, 0.3) is 0 Å². The van der Waals surface area contributed by atoms with Gasteiger partial charge in [0, 0.05) is 0 Å². The highest BCUT2D eigenvalue weighted by Gasteiger charge is 2.48. The molecule has 2 saturated heterocycles. The van der Waals surface area contributed by atoms with Crippen molar-refractivity contribution in [2.45, 2.75) is 91.3 Å². The Bertz CT molecular complexity index is 708. The minimum Gasteiger partial charge on any atom is -0.369 e. The summed E-state index contributed by atoms with van der Waals surface area (Å²) in [6.07, 6.45) is 10.6. The molecule has 30 heavy (non-hydrogen) atoms. The molecule has 3 aliphatic rings. The van der Waals surface area contributed by atoms with E-state index in [1.807, 2.05) is 20.8 Å². The Morgan fingerprint density at radius 3 is 2.03 bits per heavy atom. The summed E-state index contributed by atoms with van der Waals surface area (Å²) in [7, 11) is -9.78. The van der Waals surface area contributed by atoms with Crippen LogP contribution in [-0.4, -0.2) is 32.5 Å². The van der Waals surface area contributed by atoms with Crippen LogP contribution in [0.3, 0.4) is 0 Å². The van der Waals surface area contributed by atoms with E-state index in [-0.39, 0.29) is 17.8 Å². The van der Waals surface area contributed by atoms with Crippen molar-refractivity contribution in [2.24, 2.45) is 5.92 Å². The van der Waals surface area contributed by atoms with Crippen molar-refractivity contribution >= 4 is 15.6 Å². The lowest BCUT2D eigenvalue weighted by Gasteiger charge is -2.54. The normalized spacial score (nSPS) is 27.6. The van der Waals surface area contributed by atoms with Crippen LogP contribution in [0.4, 0.5) is 0 Å². The van der Waals surface area contributed by atoms with E-state index in [9.17, 15) is 9.13 Å². The number of ether oxygens (including phenoxy) is 1. The highest BCUT2D eigenvalue weighted by molar-refractivity contribution is 7.60. The number of hydrogen-bond acceptors (Lipinski definition) is 5. The lowest BCUT2D eigenvalue weighted by atomic mass is 9.69. The molecule has 176 valence electrons. The second-order valence-corrected chi connectivity index (χ2v) is 12.0. The van der Waals surface area contributed by atoms with Crippen LogP contribution in [-0.2, 0) is 22.7 Å². The third-order valence-electron chi connectivity index (χ3n) is 5.51. The largest absolute Gasteiger partial charge is 0.481 e. The third-order valence-corrected chi connectivity index (χ3v) is 7.66. The summed E-state index contributed by atoms with van der Waals surface area (Å²) >= 11 is 0. The maximum atomic E-state index is 11.1. The lowest BCUT2D eigenvalue weighted by Crippen LogP contribution is -2.53. The minimum absolute atomic E-state index is 0.158. The van der Waals surface area contributed by atoms with Gasteiger partial charge in [-0.2, -0.15) is 4.31 Å². The molecule has 2 bridgehead atoms. The van der Waals surface area contributed by atoms with Crippen LogP contribution in [0.15, 0.2) is 23.3 Å². The molecule has 0 aromatic carbocycles. The molecule has 0 aromatic heterocycles. The number of phosphoric acid groups is 2. The van der Waals surface area contributed by atoms with E-state index in [0.29, 0.717) is 0 Å². The van der Waals surface area contributed by atoms with Gasteiger partial charge in [-0.05, 0) is 86.0 Å². The zero-order valence-corrected chi connectivity index (χ0v) is 20.7. The number of allylic oxidation sites excluding steroid dienone is 3. The van der Waals surface area contributed by atoms with Crippen molar-refractivity contribution in [1.82, 2.24) is 0 Å². The van der Waals surface area contributed by atoms with Crippen LogP contribution in [0.5, 0.6) is 0 Å². The molecule has 0 aromatic rings. The predicted molar refractivity (Wildman–Crippen MR) is 117 cm³/mol. The Labute approximate surface area is 180 Å². The average Bonchev–Trinajstić information content (AvgIpc) is 2.51. The van der Waals surface area contributed by atoms with E-state index < -0.39 is 15.6 Å². The van der Waals surface area contributed by atoms with E-state index >= 15 is 0 Å². The standard InChI is InChI=1S/C10H20O7P2.C10H18O/c1-9(2)5-4-6-10(3)7-8-16-19(14,15)17-18(11,12)13;1-9(2)8-4-6-10(3,11-9)7-5-8/h5,7H,4,6,8H2,1-3H3,(H,14,15)(H2,11,12,13);8H,4-7H2,1-3H3/b10-7+;. The van der Waals surface area contributed by atoms with Crippen molar-refractivity contribution in [1.29, 1.82) is 0 Å². The monoisotopic (exact) mass is 468 g/mol. The molecule has 2 heterocycles. The maximum Gasteiger partial charge on any atom is 0.481 e. The smallest absolute Gasteiger partial charge is 0.369 e. The van der Waals surface area contributed by atoms with Crippen LogP contribution in [0.2, 0.25) is 0 Å². The first-order valence-corrected chi connectivity index (χ1v) is 13.3. The van der Waals surface area contributed by atoms with Crippen LogP contribution in [0.1, 0.15) is 80.1 Å². The molecule has 1 atom stereocenters. The first-order valence-electron chi connectivity index (χ1n) is 10.3. The molecular formula is C20H38O8P2. The van der Waals surface area contributed by atoms with E-state index in [1.54, 1.807) is 6.08 Å². The predicted octanol–water partition coefficient (Wildman–Crippen LogP) is 5.65. The van der Waals surface area contributed by atoms with Gasteiger partial charge in [0.2, 0.25) is 0 Å². The second kappa shape index (κ2) is 11.0. The first kappa shape index (κ1) is 27.7. The van der Waals surface area contributed by atoms with E-state index in [2.05, 4.69) is 35.7 Å². The Morgan fingerprint density at radius 2 is 1.63 bits per heavy atom. The summed E-state index contributed by atoms with van der Waals surface area (Å²) in [4.78, 5) is 25.8. The summed E-state index contributed by atoms with van der Waals surface area (Å²) in [6.45, 7) is 12.3. The fourth-order valence-electron chi connectivity index (χ4n) is 3.87. The summed E-state index contributed by atoms with van der Waals surface area (Å²) in [5.74, 6) is 0.823. The average molecular weight is 468 g/mol.